The van der Waals surface area contributed by atoms with E-state index < -0.39 is 18.0 Å². The molecule has 1 rings (SSSR count). The van der Waals surface area contributed by atoms with E-state index in [9.17, 15) is 13.6 Å². The van der Waals surface area contributed by atoms with Gasteiger partial charge in [-0.2, -0.15) is 5.26 Å². The lowest BCUT2D eigenvalue weighted by atomic mass is 10.0. The third-order valence-electron chi connectivity index (χ3n) is 2.40. The van der Waals surface area contributed by atoms with Gasteiger partial charge >= 0.3 is 5.97 Å². The van der Waals surface area contributed by atoms with Crippen LogP contribution in [0.4, 0.5) is 8.78 Å². The summed E-state index contributed by atoms with van der Waals surface area (Å²) in [5.41, 5.74) is -0.573. The van der Waals surface area contributed by atoms with E-state index in [4.69, 9.17) is 21.6 Å². The first-order valence-corrected chi connectivity index (χ1v) is 5.99. The predicted molar refractivity (Wildman–Crippen MR) is 63.8 cm³/mol. The molecule has 0 N–H and O–H groups in total. The number of pyridine rings is 1. The molecule has 0 aliphatic rings. The Morgan fingerprint density at radius 2 is 2.32 bits per heavy atom. The molecular formula is C12H11ClF2N2O2. The molecule has 0 atom stereocenters. The Hall–Kier alpha value is -1.74. The van der Waals surface area contributed by atoms with Gasteiger partial charge in [-0.25, -0.2) is 8.78 Å². The van der Waals surface area contributed by atoms with Gasteiger partial charge in [0.05, 0.1) is 24.3 Å². The summed E-state index contributed by atoms with van der Waals surface area (Å²) in [4.78, 5) is 15.2. The molecule has 102 valence electrons. The fraction of sp³-hybridized carbons (Fsp3) is 0.417. The number of hydrogen-bond donors (Lipinski definition) is 0. The summed E-state index contributed by atoms with van der Waals surface area (Å²) in [6.07, 6.45) is -2.08. The summed E-state index contributed by atoms with van der Waals surface area (Å²) in [6.45, 7) is 1.82. The molecular weight excluding hydrogens is 278 g/mol. The molecule has 1 aromatic rings. The highest BCUT2D eigenvalue weighted by Crippen LogP contribution is 2.29. The SMILES string of the molecule is CCOC(=O)Cc1ncc(C#N)c(C(F)F)c1CCl. The predicted octanol–water partition coefficient (Wildman–Crippen LogP) is 2.74. The standard InChI is InChI=1S/C12H11ClF2N2O2/c1-2-19-10(18)3-9-8(4-13)11(12(14)15)7(5-16)6-17-9/h6,12H,2-4H2,1H3. The van der Waals surface area contributed by atoms with Gasteiger partial charge < -0.3 is 4.74 Å². The van der Waals surface area contributed by atoms with Gasteiger partial charge in [0.2, 0.25) is 0 Å². The van der Waals surface area contributed by atoms with Gasteiger partial charge in [-0.05, 0) is 12.5 Å². The van der Waals surface area contributed by atoms with Gasteiger partial charge in [-0.3, -0.25) is 9.78 Å². The Morgan fingerprint density at radius 1 is 1.63 bits per heavy atom. The first-order chi connectivity index (χ1) is 9.04. The van der Waals surface area contributed by atoms with E-state index in [2.05, 4.69) is 4.98 Å². The van der Waals surface area contributed by atoms with Crippen molar-refractivity contribution in [3.8, 4) is 6.07 Å². The summed E-state index contributed by atoms with van der Waals surface area (Å²) in [7, 11) is 0. The minimum absolute atomic E-state index is 0.0174. The Morgan fingerprint density at radius 3 is 2.79 bits per heavy atom. The van der Waals surface area contributed by atoms with E-state index in [1.807, 2.05) is 0 Å². The summed E-state index contributed by atoms with van der Waals surface area (Å²) in [5.74, 6) is -0.831. The second kappa shape index (κ2) is 7.00. The van der Waals surface area contributed by atoms with Gasteiger partial charge in [-0.15, -0.1) is 11.6 Å². The number of ether oxygens (including phenoxy) is 1. The molecule has 1 aromatic heterocycles. The zero-order chi connectivity index (χ0) is 14.4. The van der Waals surface area contributed by atoms with Crippen LogP contribution < -0.4 is 0 Å². The van der Waals surface area contributed by atoms with Crippen LogP contribution in [-0.4, -0.2) is 17.6 Å². The number of nitriles is 1. The van der Waals surface area contributed by atoms with Crippen LogP contribution in [0.3, 0.4) is 0 Å². The van der Waals surface area contributed by atoms with Crippen molar-refractivity contribution in [3.05, 3.63) is 28.6 Å². The van der Waals surface area contributed by atoms with Gasteiger partial charge in [0, 0.05) is 17.6 Å². The van der Waals surface area contributed by atoms with Crippen molar-refractivity contribution in [2.75, 3.05) is 6.61 Å². The van der Waals surface area contributed by atoms with Crippen LogP contribution in [0, 0.1) is 11.3 Å². The number of nitrogens with zero attached hydrogens (tertiary/aromatic N) is 2. The van der Waals surface area contributed by atoms with Crippen LogP contribution in [-0.2, 0) is 21.8 Å². The number of hydrogen-bond acceptors (Lipinski definition) is 4. The zero-order valence-electron chi connectivity index (χ0n) is 10.1. The Labute approximate surface area is 114 Å². The molecule has 0 aromatic carbocycles. The molecule has 19 heavy (non-hydrogen) atoms. The molecule has 0 saturated carbocycles. The van der Waals surface area contributed by atoms with E-state index >= 15 is 0 Å². The van der Waals surface area contributed by atoms with Crippen LogP contribution >= 0.6 is 11.6 Å². The number of carbonyl (C=O) groups excluding carboxylic acids is 1. The fourth-order valence-electron chi connectivity index (χ4n) is 1.60. The first-order valence-electron chi connectivity index (χ1n) is 5.45. The van der Waals surface area contributed by atoms with Gasteiger partial charge in [-0.1, -0.05) is 0 Å². The van der Waals surface area contributed by atoms with E-state index in [-0.39, 0.29) is 35.7 Å². The number of alkyl halides is 3. The molecule has 0 bridgehead atoms. The smallest absolute Gasteiger partial charge is 0.311 e. The van der Waals surface area contributed by atoms with Crippen molar-refractivity contribution in [1.29, 1.82) is 5.26 Å². The summed E-state index contributed by atoms with van der Waals surface area (Å²) < 4.78 is 30.7. The third-order valence-corrected chi connectivity index (χ3v) is 2.67. The number of carbonyl (C=O) groups is 1. The van der Waals surface area contributed by atoms with Crippen molar-refractivity contribution in [2.24, 2.45) is 0 Å². The van der Waals surface area contributed by atoms with Crippen molar-refractivity contribution >= 4 is 17.6 Å². The number of halogens is 3. The molecule has 0 amide bonds. The quantitative estimate of drug-likeness (QED) is 0.617. The number of aromatic nitrogens is 1. The van der Waals surface area contributed by atoms with E-state index in [1.165, 1.54) is 0 Å². The van der Waals surface area contributed by atoms with E-state index in [0.717, 1.165) is 6.20 Å². The normalized spacial score (nSPS) is 10.3. The van der Waals surface area contributed by atoms with Crippen molar-refractivity contribution in [1.82, 2.24) is 4.98 Å². The maximum Gasteiger partial charge on any atom is 0.311 e. The lowest BCUT2D eigenvalue weighted by Crippen LogP contribution is -2.13. The van der Waals surface area contributed by atoms with E-state index in [1.54, 1.807) is 13.0 Å². The topological polar surface area (TPSA) is 63.0 Å². The first kappa shape index (κ1) is 15.3. The average molecular weight is 289 g/mol. The highest BCUT2D eigenvalue weighted by Gasteiger charge is 2.22. The van der Waals surface area contributed by atoms with Crippen molar-refractivity contribution < 1.29 is 18.3 Å². The molecule has 0 aliphatic heterocycles. The molecule has 4 nitrogen and oxygen atoms in total. The molecule has 0 fully saturated rings. The van der Waals surface area contributed by atoms with Crippen molar-refractivity contribution in [3.63, 3.8) is 0 Å². The third kappa shape index (κ3) is 3.61. The van der Waals surface area contributed by atoms with Gasteiger partial charge in [0.25, 0.3) is 6.43 Å². The molecule has 0 aliphatic carbocycles. The Bertz CT molecular complexity index is 515. The fourth-order valence-corrected chi connectivity index (χ4v) is 1.89. The molecule has 7 heteroatoms. The minimum Gasteiger partial charge on any atom is -0.466 e. The largest absolute Gasteiger partial charge is 0.466 e. The highest BCUT2D eigenvalue weighted by molar-refractivity contribution is 6.17. The lowest BCUT2D eigenvalue weighted by molar-refractivity contribution is -0.142. The molecule has 0 radical (unpaired) electrons. The molecule has 0 saturated heterocycles. The van der Waals surface area contributed by atoms with E-state index in [0.29, 0.717) is 0 Å². The number of esters is 1. The zero-order valence-corrected chi connectivity index (χ0v) is 10.9. The molecule has 0 unspecified atom stereocenters. The van der Waals surface area contributed by atoms with Crippen LogP contribution in [0.15, 0.2) is 6.20 Å². The lowest BCUT2D eigenvalue weighted by Gasteiger charge is -2.12. The maximum absolute atomic E-state index is 13.0. The summed E-state index contributed by atoms with van der Waals surface area (Å²) in [5, 5.41) is 8.79. The Kier molecular flexibility index (Phi) is 5.64. The van der Waals surface area contributed by atoms with Crippen LogP contribution in [0.25, 0.3) is 0 Å². The maximum atomic E-state index is 13.0. The Balaban J connectivity index is 3.24. The second-order valence-electron chi connectivity index (χ2n) is 3.54. The van der Waals surface area contributed by atoms with Crippen molar-refractivity contribution in [2.45, 2.75) is 25.7 Å². The van der Waals surface area contributed by atoms with Gasteiger partial charge in [0.15, 0.2) is 0 Å². The monoisotopic (exact) mass is 288 g/mol. The number of rotatable bonds is 5. The van der Waals surface area contributed by atoms with Crippen LogP contribution in [0.2, 0.25) is 0 Å². The summed E-state index contributed by atoms with van der Waals surface area (Å²) in [6, 6.07) is 1.64. The molecule has 1 heterocycles. The van der Waals surface area contributed by atoms with Crippen LogP contribution in [0.1, 0.15) is 35.7 Å². The highest BCUT2D eigenvalue weighted by atomic mass is 35.5. The molecule has 0 spiro atoms. The second-order valence-corrected chi connectivity index (χ2v) is 3.81. The average Bonchev–Trinajstić information content (AvgIpc) is 2.38. The van der Waals surface area contributed by atoms with Gasteiger partial charge in [0.1, 0.15) is 6.07 Å². The minimum atomic E-state index is -2.85. The summed E-state index contributed by atoms with van der Waals surface area (Å²) >= 11 is 5.64. The van der Waals surface area contributed by atoms with Crippen LogP contribution in [0.5, 0.6) is 0 Å².